The van der Waals surface area contributed by atoms with Crippen LogP contribution in [0.25, 0.3) is 0 Å². The first-order valence-corrected chi connectivity index (χ1v) is 11.9. The topological polar surface area (TPSA) is 137 Å². The third-order valence-electron chi connectivity index (χ3n) is 7.76. The van der Waals surface area contributed by atoms with Crippen LogP contribution >= 0.6 is 0 Å². The van der Waals surface area contributed by atoms with Crippen molar-refractivity contribution < 1.29 is 33.5 Å². The fraction of sp³-hybridized carbons (Fsp3) is 0.625. The van der Waals surface area contributed by atoms with Gasteiger partial charge in [0.1, 0.15) is 24.4 Å². The number of nitrogens with zero attached hydrogens (tertiary/aromatic N) is 2. The molecule has 1 N–H and O–H groups in total. The zero-order chi connectivity index (χ0) is 25.4. The number of imide groups is 1. The number of hydrogen-bond acceptors (Lipinski definition) is 8. The normalized spacial score (nSPS) is 24.1. The highest BCUT2D eigenvalue weighted by atomic mass is 16.7. The standard InChI is InChI=1S/C24H31N3O8/c1-4-23(2,3)17-5-7-24(8-6-17)21(29)26(22(30)25-24)11-19(28)34-13-16-10-18(27(31)32)9-15-12-33-14-35-20(15)16/h9-10,17H,4-8,11-14H2,1-3H3,(H,25,30). The monoisotopic (exact) mass is 489 g/mol. The molecule has 4 rings (SSSR count). The number of benzene rings is 1. The van der Waals surface area contributed by atoms with Crippen LogP contribution in [-0.4, -0.2) is 46.6 Å². The lowest BCUT2D eigenvalue weighted by Crippen LogP contribution is -2.51. The molecule has 35 heavy (non-hydrogen) atoms. The van der Waals surface area contributed by atoms with Crippen LogP contribution < -0.4 is 10.1 Å². The molecule has 3 amide bonds. The molecule has 0 unspecified atom stereocenters. The molecule has 2 aliphatic heterocycles. The summed E-state index contributed by atoms with van der Waals surface area (Å²) in [5.74, 6) is -0.357. The van der Waals surface area contributed by atoms with Gasteiger partial charge in [-0.3, -0.25) is 24.6 Å². The van der Waals surface area contributed by atoms with Crippen molar-refractivity contribution in [3.63, 3.8) is 0 Å². The molecule has 190 valence electrons. The molecule has 11 nitrogen and oxygen atoms in total. The van der Waals surface area contributed by atoms with E-state index < -0.39 is 34.9 Å². The van der Waals surface area contributed by atoms with Crippen molar-refractivity contribution in [1.29, 1.82) is 0 Å². The number of hydrogen-bond donors (Lipinski definition) is 1. The van der Waals surface area contributed by atoms with E-state index in [1.165, 1.54) is 12.1 Å². The molecular weight excluding hydrogens is 458 g/mol. The number of ether oxygens (including phenoxy) is 3. The zero-order valence-electron chi connectivity index (χ0n) is 20.3. The number of urea groups is 1. The van der Waals surface area contributed by atoms with Gasteiger partial charge in [0.2, 0.25) is 0 Å². The number of non-ortho nitro benzene ring substituents is 1. The second-order valence-electron chi connectivity index (χ2n) is 10.1. The van der Waals surface area contributed by atoms with Crippen molar-refractivity contribution in [2.75, 3.05) is 13.3 Å². The van der Waals surface area contributed by atoms with Crippen LogP contribution in [0.5, 0.6) is 5.75 Å². The molecule has 0 bridgehead atoms. The van der Waals surface area contributed by atoms with Crippen molar-refractivity contribution >= 4 is 23.6 Å². The van der Waals surface area contributed by atoms with E-state index in [0.717, 1.165) is 24.2 Å². The van der Waals surface area contributed by atoms with E-state index in [9.17, 15) is 24.5 Å². The van der Waals surface area contributed by atoms with Gasteiger partial charge < -0.3 is 19.5 Å². The Balaban J connectivity index is 1.39. The average molecular weight is 490 g/mol. The fourth-order valence-corrected chi connectivity index (χ4v) is 5.17. The number of carbonyl (C=O) groups excluding carboxylic acids is 3. The van der Waals surface area contributed by atoms with E-state index in [2.05, 4.69) is 26.1 Å². The summed E-state index contributed by atoms with van der Waals surface area (Å²) < 4.78 is 15.9. The molecule has 3 aliphatic rings. The summed E-state index contributed by atoms with van der Waals surface area (Å²) >= 11 is 0. The van der Waals surface area contributed by atoms with Gasteiger partial charge in [0.15, 0.2) is 6.79 Å². The number of amides is 3. The molecule has 0 atom stereocenters. The average Bonchev–Trinajstić information content (AvgIpc) is 3.06. The molecule has 1 saturated carbocycles. The van der Waals surface area contributed by atoms with Gasteiger partial charge in [0.25, 0.3) is 11.6 Å². The number of fused-ring (bicyclic) bond motifs is 1. The highest BCUT2D eigenvalue weighted by Gasteiger charge is 2.53. The van der Waals surface area contributed by atoms with Crippen molar-refractivity contribution in [3.05, 3.63) is 33.4 Å². The van der Waals surface area contributed by atoms with Crippen molar-refractivity contribution in [2.45, 2.75) is 71.6 Å². The first kappa shape index (κ1) is 24.9. The number of nitrogens with one attached hydrogen (secondary N) is 1. The number of rotatable bonds is 7. The molecule has 1 saturated heterocycles. The third-order valence-corrected chi connectivity index (χ3v) is 7.76. The SMILES string of the molecule is CCC(C)(C)C1CCC2(CC1)NC(=O)N(CC(=O)OCc1cc([N+](=O)[O-])cc3c1OCOC3)C2=O. The molecular formula is C24H31N3O8. The summed E-state index contributed by atoms with van der Waals surface area (Å²) in [4.78, 5) is 49.9. The molecule has 2 fully saturated rings. The van der Waals surface area contributed by atoms with Gasteiger partial charge in [-0.05, 0) is 37.0 Å². The van der Waals surface area contributed by atoms with Crippen molar-refractivity contribution in [1.82, 2.24) is 10.2 Å². The van der Waals surface area contributed by atoms with Crippen LogP contribution in [0.4, 0.5) is 10.5 Å². The second-order valence-corrected chi connectivity index (χ2v) is 10.1. The summed E-state index contributed by atoms with van der Waals surface area (Å²) in [5, 5.41) is 14.1. The van der Waals surface area contributed by atoms with Crippen LogP contribution in [-0.2, 0) is 32.3 Å². The van der Waals surface area contributed by atoms with Crippen LogP contribution in [0.2, 0.25) is 0 Å². The predicted octanol–water partition coefficient (Wildman–Crippen LogP) is 3.42. The first-order valence-electron chi connectivity index (χ1n) is 11.9. The lowest BCUT2D eigenvalue weighted by molar-refractivity contribution is -0.385. The lowest BCUT2D eigenvalue weighted by atomic mass is 9.65. The summed E-state index contributed by atoms with van der Waals surface area (Å²) in [6.07, 6.45) is 3.77. The van der Waals surface area contributed by atoms with Crippen molar-refractivity contribution in [3.8, 4) is 5.75 Å². The minimum atomic E-state index is -0.968. The number of nitro groups is 1. The molecule has 1 aromatic rings. The van der Waals surface area contributed by atoms with Crippen LogP contribution in [0.1, 0.15) is 64.0 Å². The molecule has 11 heteroatoms. The van der Waals surface area contributed by atoms with Gasteiger partial charge in [-0.2, -0.15) is 0 Å². The fourth-order valence-electron chi connectivity index (χ4n) is 5.17. The predicted molar refractivity (Wildman–Crippen MR) is 122 cm³/mol. The van der Waals surface area contributed by atoms with Crippen molar-refractivity contribution in [2.24, 2.45) is 11.3 Å². The zero-order valence-corrected chi connectivity index (χ0v) is 20.3. The van der Waals surface area contributed by atoms with E-state index in [1.54, 1.807) is 0 Å². The summed E-state index contributed by atoms with van der Waals surface area (Å²) in [6.45, 7) is 5.89. The quantitative estimate of drug-likeness (QED) is 0.266. The van der Waals surface area contributed by atoms with Crippen LogP contribution in [0, 0.1) is 21.4 Å². The Morgan fingerprint density at radius 2 is 2.03 bits per heavy atom. The minimum Gasteiger partial charge on any atom is -0.467 e. The molecule has 0 radical (unpaired) electrons. The Kier molecular flexibility index (Phi) is 6.72. The van der Waals surface area contributed by atoms with Gasteiger partial charge in [-0.25, -0.2) is 4.79 Å². The maximum atomic E-state index is 13.2. The lowest BCUT2D eigenvalue weighted by Gasteiger charge is -2.42. The van der Waals surface area contributed by atoms with Gasteiger partial charge in [0, 0.05) is 23.3 Å². The Labute approximate surface area is 203 Å². The smallest absolute Gasteiger partial charge is 0.326 e. The minimum absolute atomic E-state index is 0.0212. The first-order chi connectivity index (χ1) is 16.6. The van der Waals surface area contributed by atoms with Gasteiger partial charge in [-0.15, -0.1) is 0 Å². The molecule has 1 aliphatic carbocycles. The van der Waals surface area contributed by atoms with E-state index in [1.807, 2.05) is 0 Å². The summed E-state index contributed by atoms with van der Waals surface area (Å²) in [5.41, 5.74) is -0.185. The largest absolute Gasteiger partial charge is 0.467 e. The Morgan fingerprint density at radius 3 is 2.69 bits per heavy atom. The number of carbonyl (C=O) groups is 3. The number of esters is 1. The van der Waals surface area contributed by atoms with Crippen LogP contribution in [0.15, 0.2) is 12.1 Å². The van der Waals surface area contributed by atoms with E-state index >= 15 is 0 Å². The van der Waals surface area contributed by atoms with E-state index in [-0.39, 0.29) is 31.1 Å². The van der Waals surface area contributed by atoms with Gasteiger partial charge >= 0.3 is 12.0 Å². The van der Waals surface area contributed by atoms with E-state index in [0.29, 0.717) is 35.6 Å². The van der Waals surface area contributed by atoms with E-state index in [4.69, 9.17) is 14.2 Å². The summed E-state index contributed by atoms with van der Waals surface area (Å²) in [6, 6.07) is 2.02. The molecule has 1 aromatic carbocycles. The number of nitro benzene ring substituents is 1. The third kappa shape index (κ3) is 4.82. The maximum Gasteiger partial charge on any atom is 0.326 e. The Hall–Kier alpha value is -3.21. The van der Waals surface area contributed by atoms with Crippen LogP contribution in [0.3, 0.4) is 0 Å². The molecule has 0 aromatic heterocycles. The molecule has 2 heterocycles. The Morgan fingerprint density at radius 1 is 1.31 bits per heavy atom. The highest BCUT2D eigenvalue weighted by Crippen LogP contribution is 2.45. The Bertz CT molecular complexity index is 1050. The maximum absolute atomic E-state index is 13.2. The highest BCUT2D eigenvalue weighted by molar-refractivity contribution is 6.08. The summed E-state index contributed by atoms with van der Waals surface area (Å²) in [7, 11) is 0. The van der Waals surface area contributed by atoms with Gasteiger partial charge in [0.05, 0.1) is 11.5 Å². The molecule has 1 spiro atoms. The second kappa shape index (κ2) is 9.44. The van der Waals surface area contributed by atoms with Gasteiger partial charge in [-0.1, -0.05) is 27.2 Å².